The summed E-state index contributed by atoms with van der Waals surface area (Å²) >= 11 is 0. The second kappa shape index (κ2) is 7.06. The Labute approximate surface area is 73.1 Å². The Bertz CT molecular complexity index is 128. The van der Waals surface area contributed by atoms with E-state index in [0.29, 0.717) is 0 Å². The summed E-state index contributed by atoms with van der Waals surface area (Å²) in [6, 6.07) is 0.261. The van der Waals surface area contributed by atoms with Gasteiger partial charge in [-0.15, -0.1) is 0 Å². The van der Waals surface area contributed by atoms with Crippen molar-refractivity contribution >= 4 is 5.97 Å². The van der Waals surface area contributed by atoms with Crippen LogP contribution >= 0.6 is 0 Å². The van der Waals surface area contributed by atoms with E-state index in [2.05, 4.69) is 12.2 Å². The average Bonchev–Trinajstić information content (AvgIpc) is 2.03. The van der Waals surface area contributed by atoms with Gasteiger partial charge in [-0.1, -0.05) is 6.92 Å². The molecular formula is C8H18N2O2. The van der Waals surface area contributed by atoms with E-state index in [1.165, 1.54) is 0 Å². The summed E-state index contributed by atoms with van der Waals surface area (Å²) in [5.74, 6) is -0.810. The summed E-state index contributed by atoms with van der Waals surface area (Å²) in [7, 11) is 0. The summed E-state index contributed by atoms with van der Waals surface area (Å²) < 4.78 is 0. The number of nitrogens with one attached hydrogen (secondary N) is 1. The summed E-state index contributed by atoms with van der Waals surface area (Å²) in [5.41, 5.74) is 5.67. The molecule has 0 spiro atoms. The zero-order valence-corrected chi connectivity index (χ0v) is 7.55. The van der Waals surface area contributed by atoms with Crippen molar-refractivity contribution in [3.05, 3.63) is 0 Å². The van der Waals surface area contributed by atoms with Crippen molar-refractivity contribution in [2.24, 2.45) is 5.73 Å². The van der Waals surface area contributed by atoms with Crippen LogP contribution in [0.15, 0.2) is 0 Å². The van der Waals surface area contributed by atoms with Crippen molar-refractivity contribution in [3.63, 3.8) is 0 Å². The molecule has 0 heterocycles. The fraction of sp³-hybridized carbons (Fsp3) is 0.875. The maximum atomic E-state index is 10.1. The predicted octanol–water partition coefficient (Wildman–Crippen LogP) is 0.178. The Balaban J connectivity index is 3.05. The molecule has 72 valence electrons. The van der Waals surface area contributed by atoms with Gasteiger partial charge in [-0.3, -0.25) is 4.79 Å². The number of hydrogen-bond acceptors (Lipinski definition) is 3. The number of rotatable bonds is 7. The van der Waals surface area contributed by atoms with Gasteiger partial charge in [0.1, 0.15) is 0 Å². The molecule has 0 aliphatic carbocycles. The van der Waals surface area contributed by atoms with Gasteiger partial charge in [-0.2, -0.15) is 0 Å². The van der Waals surface area contributed by atoms with E-state index in [-0.39, 0.29) is 12.6 Å². The van der Waals surface area contributed by atoms with Gasteiger partial charge in [0.25, 0.3) is 0 Å². The zero-order chi connectivity index (χ0) is 9.40. The van der Waals surface area contributed by atoms with Gasteiger partial charge in [0.2, 0.25) is 0 Å². The fourth-order valence-electron chi connectivity index (χ4n) is 0.889. The SMILES string of the molecule is CCC(N)CCCNCC(=O)O. The van der Waals surface area contributed by atoms with Crippen molar-refractivity contribution in [1.29, 1.82) is 0 Å². The molecule has 1 atom stereocenters. The highest BCUT2D eigenvalue weighted by Gasteiger charge is 1.98. The molecule has 0 radical (unpaired) electrons. The normalized spacial score (nSPS) is 12.8. The molecule has 0 saturated carbocycles. The topological polar surface area (TPSA) is 75.3 Å². The van der Waals surface area contributed by atoms with E-state index in [4.69, 9.17) is 10.8 Å². The Morgan fingerprint density at radius 1 is 1.67 bits per heavy atom. The van der Waals surface area contributed by atoms with Crippen LogP contribution < -0.4 is 11.1 Å². The highest BCUT2D eigenvalue weighted by Crippen LogP contribution is 1.96. The Morgan fingerprint density at radius 3 is 2.83 bits per heavy atom. The van der Waals surface area contributed by atoms with Gasteiger partial charge < -0.3 is 16.2 Å². The first-order valence-electron chi connectivity index (χ1n) is 4.35. The molecule has 0 aliphatic heterocycles. The van der Waals surface area contributed by atoms with E-state index in [9.17, 15) is 4.79 Å². The van der Waals surface area contributed by atoms with Crippen molar-refractivity contribution < 1.29 is 9.90 Å². The molecule has 0 rings (SSSR count). The number of carbonyl (C=O) groups is 1. The van der Waals surface area contributed by atoms with Crippen LogP contribution in [-0.4, -0.2) is 30.2 Å². The Morgan fingerprint density at radius 2 is 2.33 bits per heavy atom. The van der Waals surface area contributed by atoms with E-state index in [0.717, 1.165) is 25.8 Å². The molecule has 1 unspecified atom stereocenters. The minimum Gasteiger partial charge on any atom is -0.480 e. The zero-order valence-electron chi connectivity index (χ0n) is 7.55. The molecule has 4 heteroatoms. The number of carboxylic acids is 1. The summed E-state index contributed by atoms with van der Waals surface area (Å²) in [6.45, 7) is 2.83. The van der Waals surface area contributed by atoms with Crippen molar-refractivity contribution in [2.75, 3.05) is 13.1 Å². The summed E-state index contributed by atoms with van der Waals surface area (Å²) in [5, 5.41) is 11.1. The molecule has 0 fully saturated rings. The standard InChI is InChI=1S/C8H18N2O2/c1-2-7(9)4-3-5-10-6-8(11)12/h7,10H,2-6,9H2,1H3,(H,11,12). The van der Waals surface area contributed by atoms with Crippen LogP contribution in [-0.2, 0) is 4.79 Å². The summed E-state index contributed by atoms with van der Waals surface area (Å²) in [6.07, 6.45) is 2.89. The van der Waals surface area contributed by atoms with Gasteiger partial charge in [-0.05, 0) is 25.8 Å². The fourth-order valence-corrected chi connectivity index (χ4v) is 0.889. The van der Waals surface area contributed by atoms with Gasteiger partial charge in [-0.25, -0.2) is 0 Å². The van der Waals surface area contributed by atoms with E-state index < -0.39 is 5.97 Å². The summed E-state index contributed by atoms with van der Waals surface area (Å²) in [4.78, 5) is 10.1. The lowest BCUT2D eigenvalue weighted by molar-refractivity contribution is -0.135. The number of aliphatic carboxylic acids is 1. The maximum Gasteiger partial charge on any atom is 0.317 e. The largest absolute Gasteiger partial charge is 0.480 e. The third-order valence-corrected chi connectivity index (χ3v) is 1.73. The molecule has 0 aromatic heterocycles. The Kier molecular flexibility index (Phi) is 6.70. The van der Waals surface area contributed by atoms with E-state index in [1.807, 2.05) is 0 Å². The molecule has 0 aliphatic rings. The third-order valence-electron chi connectivity index (χ3n) is 1.73. The van der Waals surface area contributed by atoms with Crippen molar-refractivity contribution in [1.82, 2.24) is 5.32 Å². The first-order valence-corrected chi connectivity index (χ1v) is 4.35. The lowest BCUT2D eigenvalue weighted by Gasteiger charge is -2.07. The van der Waals surface area contributed by atoms with Gasteiger partial charge in [0.15, 0.2) is 0 Å². The quantitative estimate of drug-likeness (QED) is 0.481. The molecule has 0 bridgehead atoms. The van der Waals surface area contributed by atoms with Crippen LogP contribution in [0.5, 0.6) is 0 Å². The lowest BCUT2D eigenvalue weighted by Crippen LogP contribution is -2.25. The van der Waals surface area contributed by atoms with Crippen LogP contribution in [0.25, 0.3) is 0 Å². The first kappa shape index (κ1) is 11.4. The average molecular weight is 174 g/mol. The van der Waals surface area contributed by atoms with Crippen LogP contribution in [0.4, 0.5) is 0 Å². The van der Waals surface area contributed by atoms with Crippen LogP contribution in [0.1, 0.15) is 26.2 Å². The molecule has 12 heavy (non-hydrogen) atoms. The first-order chi connectivity index (χ1) is 5.66. The molecule has 0 aromatic carbocycles. The van der Waals surface area contributed by atoms with Crippen molar-refractivity contribution in [3.8, 4) is 0 Å². The number of carboxylic acid groups (broad SMARTS) is 1. The van der Waals surface area contributed by atoms with E-state index >= 15 is 0 Å². The third kappa shape index (κ3) is 7.50. The van der Waals surface area contributed by atoms with Crippen molar-refractivity contribution in [2.45, 2.75) is 32.2 Å². The second-order valence-corrected chi connectivity index (χ2v) is 2.88. The molecular weight excluding hydrogens is 156 g/mol. The Hall–Kier alpha value is -0.610. The smallest absolute Gasteiger partial charge is 0.317 e. The highest BCUT2D eigenvalue weighted by molar-refractivity contribution is 5.68. The van der Waals surface area contributed by atoms with Gasteiger partial charge in [0.05, 0.1) is 6.54 Å². The highest BCUT2D eigenvalue weighted by atomic mass is 16.4. The lowest BCUT2D eigenvalue weighted by atomic mass is 10.1. The minimum absolute atomic E-state index is 0.0430. The van der Waals surface area contributed by atoms with E-state index in [1.54, 1.807) is 0 Å². The molecule has 4 nitrogen and oxygen atoms in total. The van der Waals surface area contributed by atoms with Crippen LogP contribution in [0, 0.1) is 0 Å². The number of hydrogen-bond donors (Lipinski definition) is 3. The minimum atomic E-state index is -0.810. The van der Waals surface area contributed by atoms with Crippen LogP contribution in [0.2, 0.25) is 0 Å². The molecule has 4 N–H and O–H groups in total. The number of nitrogens with two attached hydrogens (primary N) is 1. The van der Waals surface area contributed by atoms with Gasteiger partial charge in [0, 0.05) is 6.04 Å². The monoisotopic (exact) mass is 174 g/mol. The van der Waals surface area contributed by atoms with Gasteiger partial charge >= 0.3 is 5.97 Å². The predicted molar refractivity (Wildman–Crippen MR) is 48.0 cm³/mol. The molecule has 0 aromatic rings. The molecule has 0 saturated heterocycles. The second-order valence-electron chi connectivity index (χ2n) is 2.88. The molecule has 0 amide bonds. The maximum absolute atomic E-state index is 10.1. The van der Waals surface area contributed by atoms with Crippen LogP contribution in [0.3, 0.4) is 0 Å².